The molecule has 0 bridgehead atoms. The van der Waals surface area contributed by atoms with Gasteiger partial charge in [-0.15, -0.1) is 0 Å². The molecule has 1 heterocycles. The highest BCUT2D eigenvalue weighted by Crippen LogP contribution is 2.14. The maximum absolute atomic E-state index is 10.6. The Morgan fingerprint density at radius 1 is 1.42 bits per heavy atom. The Hall–Kier alpha value is -0.830. The summed E-state index contributed by atoms with van der Waals surface area (Å²) < 4.78 is 10.4. The summed E-state index contributed by atoms with van der Waals surface area (Å²) >= 11 is 0. The van der Waals surface area contributed by atoms with E-state index in [1.54, 1.807) is 0 Å². The standard InChI is InChI=1S/C9H14O3/c1-6-4-5-9(7(2)11-6)12-8(3)10/h4-7,9H,1-3H3/t6-,7+,9-/m1/s1. The van der Waals surface area contributed by atoms with Crippen molar-refractivity contribution in [3.05, 3.63) is 12.2 Å². The molecule has 0 aromatic rings. The SMILES string of the molecule is CC(=O)O[C@@H]1C=C[C@@H](C)O[C@H]1C. The van der Waals surface area contributed by atoms with Crippen LogP contribution in [0, 0.1) is 0 Å². The fourth-order valence-corrected chi connectivity index (χ4v) is 1.21. The molecule has 0 amide bonds. The van der Waals surface area contributed by atoms with E-state index < -0.39 is 0 Å². The van der Waals surface area contributed by atoms with Crippen LogP contribution in [0.25, 0.3) is 0 Å². The van der Waals surface area contributed by atoms with Gasteiger partial charge in [-0.05, 0) is 19.9 Å². The van der Waals surface area contributed by atoms with Crippen LogP contribution < -0.4 is 0 Å². The van der Waals surface area contributed by atoms with Crippen molar-refractivity contribution in [2.24, 2.45) is 0 Å². The number of carbonyl (C=O) groups excluding carboxylic acids is 1. The van der Waals surface area contributed by atoms with Gasteiger partial charge in [0.05, 0.1) is 12.2 Å². The lowest BCUT2D eigenvalue weighted by Crippen LogP contribution is -2.34. The highest BCUT2D eigenvalue weighted by atomic mass is 16.6. The van der Waals surface area contributed by atoms with Crippen molar-refractivity contribution in [2.45, 2.75) is 39.1 Å². The average Bonchev–Trinajstić information content (AvgIpc) is 1.94. The molecule has 0 fully saturated rings. The summed E-state index contributed by atoms with van der Waals surface area (Å²) in [5.74, 6) is -0.269. The van der Waals surface area contributed by atoms with Crippen LogP contribution in [0.4, 0.5) is 0 Å². The summed E-state index contributed by atoms with van der Waals surface area (Å²) in [7, 11) is 0. The maximum Gasteiger partial charge on any atom is 0.303 e. The number of hydrogen-bond donors (Lipinski definition) is 0. The largest absolute Gasteiger partial charge is 0.456 e. The van der Waals surface area contributed by atoms with Crippen LogP contribution in [0.15, 0.2) is 12.2 Å². The lowest BCUT2D eigenvalue weighted by atomic mass is 10.1. The fraction of sp³-hybridized carbons (Fsp3) is 0.667. The highest BCUT2D eigenvalue weighted by molar-refractivity contribution is 5.66. The molecule has 0 saturated heterocycles. The maximum atomic E-state index is 10.6. The van der Waals surface area contributed by atoms with Gasteiger partial charge in [-0.25, -0.2) is 0 Å². The Labute approximate surface area is 72.4 Å². The van der Waals surface area contributed by atoms with Gasteiger partial charge in [0, 0.05) is 6.92 Å². The molecule has 0 aromatic carbocycles. The van der Waals surface area contributed by atoms with Crippen LogP contribution in [0.2, 0.25) is 0 Å². The first-order valence-electron chi connectivity index (χ1n) is 4.10. The molecule has 12 heavy (non-hydrogen) atoms. The van der Waals surface area contributed by atoms with Crippen molar-refractivity contribution in [3.8, 4) is 0 Å². The van der Waals surface area contributed by atoms with Gasteiger partial charge in [0.15, 0.2) is 0 Å². The second-order valence-electron chi connectivity index (χ2n) is 3.01. The second kappa shape index (κ2) is 3.72. The molecule has 1 aliphatic rings. The Kier molecular flexibility index (Phi) is 2.87. The topological polar surface area (TPSA) is 35.5 Å². The first-order valence-corrected chi connectivity index (χ1v) is 4.10. The zero-order valence-corrected chi connectivity index (χ0v) is 7.61. The number of ether oxygens (including phenoxy) is 2. The normalized spacial score (nSPS) is 34.8. The smallest absolute Gasteiger partial charge is 0.303 e. The molecule has 0 saturated carbocycles. The Morgan fingerprint density at radius 2 is 2.08 bits per heavy atom. The number of esters is 1. The number of rotatable bonds is 1. The van der Waals surface area contributed by atoms with Gasteiger partial charge in [0.2, 0.25) is 0 Å². The molecule has 3 nitrogen and oxygen atoms in total. The van der Waals surface area contributed by atoms with E-state index in [0.717, 1.165) is 0 Å². The van der Waals surface area contributed by atoms with Crippen molar-refractivity contribution in [3.63, 3.8) is 0 Å². The molecular weight excluding hydrogens is 156 g/mol. The molecule has 0 unspecified atom stereocenters. The molecule has 0 aliphatic carbocycles. The summed E-state index contributed by atoms with van der Waals surface area (Å²) in [5.41, 5.74) is 0. The summed E-state index contributed by atoms with van der Waals surface area (Å²) in [6, 6.07) is 0. The summed E-state index contributed by atoms with van der Waals surface area (Å²) in [5, 5.41) is 0. The van der Waals surface area contributed by atoms with Crippen molar-refractivity contribution in [1.29, 1.82) is 0 Å². The third kappa shape index (κ3) is 2.34. The van der Waals surface area contributed by atoms with E-state index in [1.165, 1.54) is 6.92 Å². The summed E-state index contributed by atoms with van der Waals surface area (Å²) in [4.78, 5) is 10.6. The minimum absolute atomic E-state index is 0.0473. The van der Waals surface area contributed by atoms with Crippen molar-refractivity contribution < 1.29 is 14.3 Å². The molecule has 1 aliphatic heterocycles. The average molecular weight is 170 g/mol. The summed E-state index contributed by atoms with van der Waals surface area (Å²) in [6.45, 7) is 5.25. The van der Waals surface area contributed by atoms with Crippen LogP contribution in [-0.4, -0.2) is 24.3 Å². The van der Waals surface area contributed by atoms with E-state index in [2.05, 4.69) is 0 Å². The Morgan fingerprint density at radius 3 is 2.58 bits per heavy atom. The van der Waals surface area contributed by atoms with Gasteiger partial charge in [-0.2, -0.15) is 0 Å². The van der Waals surface area contributed by atoms with Crippen LogP contribution in [0.1, 0.15) is 20.8 Å². The van der Waals surface area contributed by atoms with Gasteiger partial charge >= 0.3 is 5.97 Å². The van der Waals surface area contributed by atoms with E-state index in [1.807, 2.05) is 26.0 Å². The first kappa shape index (κ1) is 9.26. The molecule has 1 rings (SSSR count). The molecule has 0 radical (unpaired) electrons. The Bertz CT molecular complexity index is 198. The van der Waals surface area contributed by atoms with Crippen LogP contribution >= 0.6 is 0 Å². The molecule has 3 heteroatoms. The minimum Gasteiger partial charge on any atom is -0.456 e. The van der Waals surface area contributed by atoms with E-state index in [9.17, 15) is 4.79 Å². The van der Waals surface area contributed by atoms with Crippen molar-refractivity contribution >= 4 is 5.97 Å². The van der Waals surface area contributed by atoms with Gasteiger partial charge in [0.25, 0.3) is 0 Å². The summed E-state index contributed by atoms with van der Waals surface area (Å²) in [6.07, 6.45) is 3.62. The quantitative estimate of drug-likeness (QED) is 0.439. The van der Waals surface area contributed by atoms with Gasteiger partial charge in [-0.3, -0.25) is 4.79 Å². The van der Waals surface area contributed by atoms with E-state index in [4.69, 9.17) is 9.47 Å². The van der Waals surface area contributed by atoms with E-state index in [0.29, 0.717) is 0 Å². The molecule has 0 aromatic heterocycles. The zero-order chi connectivity index (χ0) is 9.14. The van der Waals surface area contributed by atoms with Gasteiger partial charge in [0.1, 0.15) is 6.10 Å². The van der Waals surface area contributed by atoms with Crippen LogP contribution in [0.3, 0.4) is 0 Å². The van der Waals surface area contributed by atoms with Crippen LogP contribution in [0.5, 0.6) is 0 Å². The predicted octanol–water partition coefficient (Wildman–Crippen LogP) is 1.28. The lowest BCUT2D eigenvalue weighted by molar-refractivity contribution is -0.152. The van der Waals surface area contributed by atoms with Crippen LogP contribution in [-0.2, 0) is 14.3 Å². The Balaban J connectivity index is 2.54. The van der Waals surface area contributed by atoms with Crippen molar-refractivity contribution in [1.82, 2.24) is 0 Å². The third-order valence-electron chi connectivity index (χ3n) is 1.77. The minimum atomic E-state index is -0.269. The van der Waals surface area contributed by atoms with E-state index in [-0.39, 0.29) is 24.3 Å². The number of carbonyl (C=O) groups is 1. The van der Waals surface area contributed by atoms with Crippen molar-refractivity contribution in [2.75, 3.05) is 0 Å². The monoisotopic (exact) mass is 170 g/mol. The highest BCUT2D eigenvalue weighted by Gasteiger charge is 2.23. The third-order valence-corrected chi connectivity index (χ3v) is 1.77. The molecule has 3 atom stereocenters. The second-order valence-corrected chi connectivity index (χ2v) is 3.01. The first-order chi connectivity index (χ1) is 5.59. The fourth-order valence-electron chi connectivity index (χ4n) is 1.21. The molecule has 0 spiro atoms. The predicted molar refractivity (Wildman–Crippen MR) is 44.7 cm³/mol. The van der Waals surface area contributed by atoms with Gasteiger partial charge in [-0.1, -0.05) is 6.08 Å². The number of hydrogen-bond acceptors (Lipinski definition) is 3. The molecule has 68 valence electrons. The van der Waals surface area contributed by atoms with E-state index >= 15 is 0 Å². The molecule has 0 N–H and O–H groups in total. The molecular formula is C9H14O3. The zero-order valence-electron chi connectivity index (χ0n) is 7.61. The lowest BCUT2D eigenvalue weighted by Gasteiger charge is -2.27. The van der Waals surface area contributed by atoms with Gasteiger partial charge < -0.3 is 9.47 Å².